The molecule has 0 saturated heterocycles. The third-order valence-corrected chi connectivity index (χ3v) is 6.27. The zero-order valence-corrected chi connectivity index (χ0v) is 19.3. The molecule has 35 heavy (non-hydrogen) atoms. The van der Waals surface area contributed by atoms with E-state index in [1.165, 1.54) is 12.3 Å². The number of ether oxygens (including phenoxy) is 2. The number of hydrogen-bond acceptors (Lipinski definition) is 5. The number of fused-ring (bicyclic) bond motifs is 1. The topological polar surface area (TPSA) is 85.6 Å². The van der Waals surface area contributed by atoms with Gasteiger partial charge < -0.3 is 19.9 Å². The first-order valence-corrected chi connectivity index (χ1v) is 11.4. The van der Waals surface area contributed by atoms with Gasteiger partial charge in [0.1, 0.15) is 11.6 Å². The van der Waals surface area contributed by atoms with E-state index in [9.17, 15) is 27.5 Å². The number of halogens is 5. The lowest BCUT2D eigenvalue weighted by atomic mass is 9.80. The Morgan fingerprint density at radius 1 is 1.34 bits per heavy atom. The summed E-state index contributed by atoms with van der Waals surface area (Å²) in [5.41, 5.74) is 0.696. The Kier molecular flexibility index (Phi) is 7.27. The Morgan fingerprint density at radius 3 is 2.80 bits per heavy atom. The van der Waals surface area contributed by atoms with Gasteiger partial charge in [-0.2, -0.15) is 18.3 Å². The van der Waals surface area contributed by atoms with E-state index in [0.29, 0.717) is 42.8 Å². The summed E-state index contributed by atoms with van der Waals surface area (Å²) in [6.07, 6.45) is -3.15. The SMILES string of the molecule is C=C(CCn1cc(OC2CC(CC(F)(F)F)C2)cn1)NC(=O)[C@@H]1C[C@@H](O)c2cc(Cl)c(F)cc2O1. The standard InChI is InChI=1S/C23H24ClF4N3O4/c1-12(30-22(33)21-8-19(32)16-6-17(24)18(25)7-20(16)35-21)2-3-31-11-15(10-29-31)34-14-4-13(5-14)9-23(26,27)28/h6-7,10-11,13-14,19,21,32H,1-5,8-9H2,(H,30,33)/t13?,14?,19-,21+/m1/s1. The number of hydrogen-bond donors (Lipinski definition) is 2. The van der Waals surface area contributed by atoms with Crippen molar-refractivity contribution in [1.82, 2.24) is 15.1 Å². The Morgan fingerprint density at radius 2 is 2.09 bits per heavy atom. The second kappa shape index (κ2) is 10.1. The molecule has 0 radical (unpaired) electrons. The van der Waals surface area contributed by atoms with Gasteiger partial charge in [0.2, 0.25) is 0 Å². The zero-order chi connectivity index (χ0) is 25.3. The number of nitrogens with one attached hydrogen (secondary N) is 1. The number of rotatable bonds is 8. The van der Waals surface area contributed by atoms with Crippen LogP contribution in [-0.2, 0) is 11.3 Å². The summed E-state index contributed by atoms with van der Waals surface area (Å²) in [5, 5.41) is 16.9. The fourth-order valence-electron chi connectivity index (χ4n) is 4.15. The van der Waals surface area contributed by atoms with Crippen LogP contribution in [0.3, 0.4) is 0 Å². The van der Waals surface area contributed by atoms with Crippen LogP contribution in [0.15, 0.2) is 36.8 Å². The van der Waals surface area contributed by atoms with E-state index in [-0.39, 0.29) is 23.3 Å². The van der Waals surface area contributed by atoms with Crippen LogP contribution in [-0.4, -0.2) is 39.2 Å². The molecule has 190 valence electrons. The van der Waals surface area contributed by atoms with Gasteiger partial charge in [0.15, 0.2) is 11.9 Å². The average molecular weight is 518 g/mol. The number of aliphatic hydroxyl groups is 1. The molecule has 1 fully saturated rings. The number of alkyl halides is 3. The van der Waals surface area contributed by atoms with Gasteiger partial charge in [-0.15, -0.1) is 0 Å². The molecule has 2 aliphatic rings. The maximum Gasteiger partial charge on any atom is 0.389 e. The molecule has 12 heteroatoms. The molecule has 4 rings (SSSR count). The summed E-state index contributed by atoms with van der Waals surface area (Å²) in [7, 11) is 0. The normalized spacial score (nSPS) is 23.6. The number of nitrogens with zero attached hydrogens (tertiary/aromatic N) is 2. The molecule has 1 aromatic heterocycles. The summed E-state index contributed by atoms with van der Waals surface area (Å²) in [4.78, 5) is 12.6. The van der Waals surface area contributed by atoms with Crippen molar-refractivity contribution in [2.75, 3.05) is 0 Å². The molecule has 0 bridgehead atoms. The fraction of sp³-hybridized carbons (Fsp3) is 0.478. The third-order valence-electron chi connectivity index (χ3n) is 5.98. The van der Waals surface area contributed by atoms with Gasteiger partial charge in [-0.1, -0.05) is 18.2 Å². The maximum atomic E-state index is 13.7. The van der Waals surface area contributed by atoms with Crippen molar-refractivity contribution >= 4 is 17.5 Å². The van der Waals surface area contributed by atoms with E-state index in [1.54, 1.807) is 10.9 Å². The number of allylic oxidation sites excluding steroid dienone is 1. The van der Waals surface area contributed by atoms with Crippen molar-refractivity contribution < 1.29 is 36.9 Å². The molecule has 1 aromatic carbocycles. The minimum absolute atomic E-state index is 0.0288. The summed E-state index contributed by atoms with van der Waals surface area (Å²) >= 11 is 5.74. The highest BCUT2D eigenvalue weighted by atomic mass is 35.5. The molecular weight excluding hydrogens is 494 g/mol. The van der Waals surface area contributed by atoms with Crippen LogP contribution in [0.1, 0.15) is 43.8 Å². The molecule has 7 nitrogen and oxygen atoms in total. The van der Waals surface area contributed by atoms with Crippen LogP contribution in [0.2, 0.25) is 5.02 Å². The predicted molar refractivity (Wildman–Crippen MR) is 117 cm³/mol. The number of aryl methyl sites for hydroxylation is 1. The average Bonchev–Trinajstić information content (AvgIpc) is 3.18. The molecule has 2 N–H and O–H groups in total. The molecule has 0 unspecified atom stereocenters. The highest BCUT2D eigenvalue weighted by molar-refractivity contribution is 6.30. The van der Waals surface area contributed by atoms with E-state index < -0.39 is 42.4 Å². The summed E-state index contributed by atoms with van der Waals surface area (Å²) in [6, 6.07) is 2.31. The zero-order valence-electron chi connectivity index (χ0n) is 18.5. The molecule has 2 aromatic rings. The van der Waals surface area contributed by atoms with Crippen molar-refractivity contribution in [1.29, 1.82) is 0 Å². The predicted octanol–water partition coefficient (Wildman–Crippen LogP) is 4.69. The van der Waals surface area contributed by atoms with Gasteiger partial charge in [0.05, 0.1) is 29.6 Å². The molecule has 1 aliphatic carbocycles. The van der Waals surface area contributed by atoms with Gasteiger partial charge in [-0.25, -0.2) is 4.39 Å². The monoisotopic (exact) mass is 517 g/mol. The van der Waals surface area contributed by atoms with Gasteiger partial charge in [-0.05, 0) is 24.8 Å². The first kappa shape index (κ1) is 25.3. The highest BCUT2D eigenvalue weighted by Gasteiger charge is 2.40. The summed E-state index contributed by atoms with van der Waals surface area (Å²) in [6.45, 7) is 4.18. The second-order valence-electron chi connectivity index (χ2n) is 8.84. The number of carbonyl (C=O) groups is 1. The Bertz CT molecular complexity index is 1100. The lowest BCUT2D eigenvalue weighted by molar-refractivity contribution is -0.156. The number of aromatic nitrogens is 2. The minimum Gasteiger partial charge on any atom is -0.487 e. The van der Waals surface area contributed by atoms with Crippen molar-refractivity contribution in [3.8, 4) is 11.5 Å². The molecule has 0 spiro atoms. The minimum atomic E-state index is -4.15. The number of benzene rings is 1. The number of amides is 1. The van der Waals surface area contributed by atoms with Crippen molar-refractivity contribution in [3.05, 3.63) is 53.2 Å². The smallest absolute Gasteiger partial charge is 0.389 e. The molecule has 1 saturated carbocycles. The number of carbonyl (C=O) groups excluding carboxylic acids is 1. The molecule has 2 atom stereocenters. The van der Waals surface area contributed by atoms with Crippen LogP contribution in [0, 0.1) is 11.7 Å². The molecule has 1 amide bonds. The van der Waals surface area contributed by atoms with E-state index in [0.717, 1.165) is 6.07 Å². The van der Waals surface area contributed by atoms with Gasteiger partial charge >= 0.3 is 6.18 Å². The third kappa shape index (κ3) is 6.46. The van der Waals surface area contributed by atoms with Crippen molar-refractivity contribution in [2.45, 2.75) is 63.1 Å². The summed E-state index contributed by atoms with van der Waals surface area (Å²) < 4.78 is 63.7. The summed E-state index contributed by atoms with van der Waals surface area (Å²) in [5.74, 6) is -1.13. The van der Waals surface area contributed by atoms with E-state index in [1.807, 2.05) is 0 Å². The fourth-order valence-corrected chi connectivity index (χ4v) is 4.32. The maximum absolute atomic E-state index is 13.7. The van der Waals surface area contributed by atoms with Crippen molar-refractivity contribution in [3.63, 3.8) is 0 Å². The van der Waals surface area contributed by atoms with Crippen LogP contribution in [0.4, 0.5) is 17.6 Å². The number of aliphatic hydroxyl groups excluding tert-OH is 1. The Hall–Kier alpha value is -2.79. The largest absolute Gasteiger partial charge is 0.487 e. The van der Waals surface area contributed by atoms with E-state index >= 15 is 0 Å². The first-order chi connectivity index (χ1) is 16.5. The molecule has 2 heterocycles. The van der Waals surface area contributed by atoms with Crippen molar-refractivity contribution in [2.24, 2.45) is 5.92 Å². The van der Waals surface area contributed by atoms with Crippen LogP contribution in [0.25, 0.3) is 0 Å². The molecule has 1 aliphatic heterocycles. The van der Waals surface area contributed by atoms with E-state index in [2.05, 4.69) is 17.0 Å². The quantitative estimate of drug-likeness (QED) is 0.496. The lowest BCUT2D eigenvalue weighted by Crippen LogP contribution is -2.41. The van der Waals surface area contributed by atoms with Gasteiger partial charge in [-0.3, -0.25) is 9.48 Å². The van der Waals surface area contributed by atoms with Gasteiger partial charge in [0, 0.05) is 43.1 Å². The Balaban J connectivity index is 1.21. The molecular formula is C23H24ClF4N3O4. The van der Waals surface area contributed by atoms with Crippen LogP contribution >= 0.6 is 11.6 Å². The van der Waals surface area contributed by atoms with E-state index in [4.69, 9.17) is 21.1 Å². The van der Waals surface area contributed by atoms with Crippen LogP contribution < -0.4 is 14.8 Å². The lowest BCUT2D eigenvalue weighted by Gasteiger charge is -2.35. The highest BCUT2D eigenvalue weighted by Crippen LogP contribution is 2.39. The van der Waals surface area contributed by atoms with Gasteiger partial charge in [0.25, 0.3) is 5.91 Å². The first-order valence-electron chi connectivity index (χ1n) is 11.0. The van der Waals surface area contributed by atoms with Crippen LogP contribution in [0.5, 0.6) is 11.5 Å². The Labute approximate surface area is 203 Å². The second-order valence-corrected chi connectivity index (χ2v) is 9.25.